The minimum absolute atomic E-state index is 0.0467. The van der Waals surface area contributed by atoms with E-state index < -0.39 is 0 Å². The first-order chi connectivity index (χ1) is 10.7. The van der Waals surface area contributed by atoms with Gasteiger partial charge in [0.1, 0.15) is 0 Å². The van der Waals surface area contributed by atoms with Crippen molar-refractivity contribution in [3.8, 4) is 0 Å². The van der Waals surface area contributed by atoms with Crippen LogP contribution in [0.2, 0.25) is 5.02 Å². The van der Waals surface area contributed by atoms with E-state index in [4.69, 9.17) is 11.6 Å². The zero-order valence-electron chi connectivity index (χ0n) is 12.3. The van der Waals surface area contributed by atoms with Crippen LogP contribution in [0.4, 0.5) is 0 Å². The van der Waals surface area contributed by atoms with E-state index >= 15 is 0 Å². The lowest BCUT2D eigenvalue weighted by Crippen LogP contribution is -2.24. The molecule has 2 nitrogen and oxygen atoms in total. The lowest BCUT2D eigenvalue weighted by atomic mass is 10.1. The fourth-order valence-corrected chi connectivity index (χ4v) is 3.69. The maximum absolute atomic E-state index is 11.9. The molecule has 3 rings (SSSR count). The first-order valence-corrected chi connectivity index (χ1v) is 8.83. The molecule has 0 spiro atoms. The number of thioether (sulfide) groups is 1. The van der Waals surface area contributed by atoms with Gasteiger partial charge in [-0.3, -0.25) is 4.79 Å². The molecule has 2 aromatic carbocycles. The van der Waals surface area contributed by atoms with Gasteiger partial charge < -0.3 is 5.32 Å². The second-order valence-corrected chi connectivity index (χ2v) is 6.96. The molecule has 0 fully saturated rings. The van der Waals surface area contributed by atoms with Gasteiger partial charge in [0.25, 0.3) is 0 Å². The fourth-order valence-electron chi connectivity index (χ4n) is 2.69. The Morgan fingerprint density at radius 3 is 2.86 bits per heavy atom. The van der Waals surface area contributed by atoms with Gasteiger partial charge in [-0.25, -0.2) is 0 Å². The van der Waals surface area contributed by atoms with Crippen molar-refractivity contribution >= 4 is 29.3 Å². The van der Waals surface area contributed by atoms with E-state index in [0.29, 0.717) is 17.3 Å². The van der Waals surface area contributed by atoms with Crippen LogP contribution in [0.25, 0.3) is 0 Å². The van der Waals surface area contributed by atoms with Crippen molar-refractivity contribution in [1.29, 1.82) is 0 Å². The first-order valence-electron chi connectivity index (χ1n) is 7.46. The van der Waals surface area contributed by atoms with Gasteiger partial charge >= 0.3 is 0 Å². The molecule has 0 unspecified atom stereocenters. The van der Waals surface area contributed by atoms with Crippen LogP contribution in [0.3, 0.4) is 0 Å². The van der Waals surface area contributed by atoms with Gasteiger partial charge in [-0.1, -0.05) is 29.8 Å². The first kappa shape index (κ1) is 15.4. The highest BCUT2D eigenvalue weighted by molar-refractivity contribution is 8.00. The Kier molecular flexibility index (Phi) is 5.06. The van der Waals surface area contributed by atoms with Crippen molar-refractivity contribution in [3.05, 3.63) is 64.2 Å². The van der Waals surface area contributed by atoms with Crippen molar-refractivity contribution in [2.24, 2.45) is 0 Å². The highest BCUT2D eigenvalue weighted by atomic mass is 35.5. The topological polar surface area (TPSA) is 29.1 Å². The molecule has 0 saturated heterocycles. The third kappa shape index (κ3) is 4.05. The summed E-state index contributed by atoms with van der Waals surface area (Å²) in [6, 6.07) is 14.1. The molecular weight excluding hydrogens is 314 g/mol. The SMILES string of the molecule is O=C(CSc1ccc2c(c1)CCC2)NCc1cccc(Cl)c1. The quantitative estimate of drug-likeness (QED) is 0.830. The summed E-state index contributed by atoms with van der Waals surface area (Å²) in [7, 11) is 0. The smallest absolute Gasteiger partial charge is 0.230 e. The molecular formula is C18H18ClNOS. The highest BCUT2D eigenvalue weighted by Crippen LogP contribution is 2.27. The number of aryl methyl sites for hydroxylation is 2. The van der Waals surface area contributed by atoms with E-state index in [2.05, 4.69) is 23.5 Å². The minimum Gasteiger partial charge on any atom is -0.351 e. The molecule has 2 aromatic rings. The van der Waals surface area contributed by atoms with Gasteiger partial charge in [-0.05, 0) is 60.2 Å². The average Bonchev–Trinajstić information content (AvgIpc) is 2.98. The molecule has 0 heterocycles. The summed E-state index contributed by atoms with van der Waals surface area (Å²) >= 11 is 7.53. The summed E-state index contributed by atoms with van der Waals surface area (Å²) in [5, 5.41) is 3.62. The maximum Gasteiger partial charge on any atom is 0.230 e. The van der Waals surface area contributed by atoms with Crippen LogP contribution in [0.1, 0.15) is 23.1 Å². The summed E-state index contributed by atoms with van der Waals surface area (Å²) in [4.78, 5) is 13.1. The van der Waals surface area contributed by atoms with E-state index in [1.54, 1.807) is 11.8 Å². The molecule has 0 atom stereocenters. The largest absolute Gasteiger partial charge is 0.351 e. The second-order valence-electron chi connectivity index (χ2n) is 5.48. The Bertz CT molecular complexity index is 687. The van der Waals surface area contributed by atoms with E-state index in [1.807, 2.05) is 24.3 Å². The average molecular weight is 332 g/mol. The number of hydrogen-bond donors (Lipinski definition) is 1. The lowest BCUT2D eigenvalue weighted by Gasteiger charge is -2.07. The Hall–Kier alpha value is -1.45. The number of nitrogens with one attached hydrogen (secondary N) is 1. The summed E-state index contributed by atoms with van der Waals surface area (Å²) < 4.78 is 0. The number of fused-ring (bicyclic) bond motifs is 1. The van der Waals surface area contributed by atoms with Crippen LogP contribution in [0, 0.1) is 0 Å². The van der Waals surface area contributed by atoms with Crippen LogP contribution in [-0.4, -0.2) is 11.7 Å². The minimum atomic E-state index is 0.0467. The second kappa shape index (κ2) is 7.21. The zero-order chi connectivity index (χ0) is 15.4. The molecule has 0 aromatic heterocycles. The van der Waals surface area contributed by atoms with Crippen LogP contribution >= 0.6 is 23.4 Å². The van der Waals surface area contributed by atoms with Crippen molar-refractivity contribution in [1.82, 2.24) is 5.32 Å². The third-order valence-electron chi connectivity index (χ3n) is 3.82. The van der Waals surface area contributed by atoms with Gasteiger partial charge in [0.15, 0.2) is 0 Å². The van der Waals surface area contributed by atoms with Crippen molar-refractivity contribution in [2.45, 2.75) is 30.7 Å². The Labute approximate surface area is 140 Å². The molecule has 4 heteroatoms. The highest BCUT2D eigenvalue weighted by Gasteiger charge is 2.11. The number of hydrogen-bond acceptors (Lipinski definition) is 2. The Balaban J connectivity index is 1.48. The normalized spacial score (nSPS) is 13.0. The Morgan fingerprint density at radius 2 is 2.00 bits per heavy atom. The molecule has 0 radical (unpaired) electrons. The van der Waals surface area contributed by atoms with Crippen LogP contribution in [0.15, 0.2) is 47.4 Å². The van der Waals surface area contributed by atoms with Gasteiger partial charge in [0.05, 0.1) is 5.75 Å². The third-order valence-corrected chi connectivity index (χ3v) is 5.05. The maximum atomic E-state index is 11.9. The van der Waals surface area contributed by atoms with Crippen molar-refractivity contribution < 1.29 is 4.79 Å². The molecule has 0 saturated carbocycles. The molecule has 1 aliphatic carbocycles. The molecule has 22 heavy (non-hydrogen) atoms. The summed E-state index contributed by atoms with van der Waals surface area (Å²) in [6.45, 7) is 0.518. The van der Waals surface area contributed by atoms with E-state index in [9.17, 15) is 4.79 Å². The summed E-state index contributed by atoms with van der Waals surface area (Å²) in [6.07, 6.45) is 3.62. The molecule has 114 valence electrons. The number of carbonyl (C=O) groups is 1. The Morgan fingerprint density at radius 1 is 1.14 bits per heavy atom. The standard InChI is InChI=1S/C18H18ClNOS/c19-16-6-1-3-13(9-16)11-20-18(21)12-22-17-8-7-14-4-2-5-15(14)10-17/h1,3,6-10H,2,4-5,11-12H2,(H,20,21). The monoisotopic (exact) mass is 331 g/mol. The predicted octanol–water partition coefficient (Wildman–Crippen LogP) is 4.24. The number of benzene rings is 2. The number of carbonyl (C=O) groups excluding carboxylic acids is 1. The zero-order valence-corrected chi connectivity index (χ0v) is 13.8. The van der Waals surface area contributed by atoms with Gasteiger partial charge in [-0.2, -0.15) is 0 Å². The van der Waals surface area contributed by atoms with Gasteiger partial charge in [0.2, 0.25) is 5.91 Å². The van der Waals surface area contributed by atoms with Crippen LogP contribution in [-0.2, 0) is 24.2 Å². The number of rotatable bonds is 5. The predicted molar refractivity (Wildman–Crippen MR) is 92.5 cm³/mol. The van der Waals surface area contributed by atoms with Gasteiger partial charge in [-0.15, -0.1) is 11.8 Å². The van der Waals surface area contributed by atoms with Gasteiger partial charge in [0, 0.05) is 16.5 Å². The van der Waals surface area contributed by atoms with E-state index in [1.165, 1.54) is 35.3 Å². The fraction of sp³-hybridized carbons (Fsp3) is 0.278. The molecule has 0 aliphatic heterocycles. The lowest BCUT2D eigenvalue weighted by molar-refractivity contribution is -0.118. The number of halogens is 1. The van der Waals surface area contributed by atoms with Crippen molar-refractivity contribution in [2.75, 3.05) is 5.75 Å². The summed E-state index contributed by atoms with van der Waals surface area (Å²) in [5.41, 5.74) is 3.93. The van der Waals surface area contributed by atoms with Crippen LogP contribution < -0.4 is 5.32 Å². The molecule has 1 amide bonds. The summed E-state index contributed by atoms with van der Waals surface area (Å²) in [5.74, 6) is 0.491. The van der Waals surface area contributed by atoms with E-state index in [-0.39, 0.29) is 5.91 Å². The van der Waals surface area contributed by atoms with Crippen LogP contribution in [0.5, 0.6) is 0 Å². The van der Waals surface area contributed by atoms with Crippen molar-refractivity contribution in [3.63, 3.8) is 0 Å². The number of amides is 1. The molecule has 1 N–H and O–H groups in total. The van der Waals surface area contributed by atoms with E-state index in [0.717, 1.165) is 5.56 Å². The molecule has 0 bridgehead atoms. The molecule has 1 aliphatic rings.